The summed E-state index contributed by atoms with van der Waals surface area (Å²) in [4.78, 5) is 20.5. The quantitative estimate of drug-likeness (QED) is 0.429. The Balaban J connectivity index is 1.25. The van der Waals surface area contributed by atoms with Gasteiger partial charge in [0.1, 0.15) is 11.3 Å². The largest absolute Gasteiger partial charge is 0.494 e. The Labute approximate surface area is 171 Å². The molecule has 2 heterocycles. The van der Waals surface area contributed by atoms with E-state index in [-0.39, 0.29) is 10.8 Å². The molecule has 29 heavy (non-hydrogen) atoms. The lowest BCUT2D eigenvalue weighted by molar-refractivity contribution is 0.311. The van der Waals surface area contributed by atoms with Gasteiger partial charge in [0.15, 0.2) is 5.58 Å². The van der Waals surface area contributed by atoms with Gasteiger partial charge in [0, 0.05) is 20.0 Å². The molecule has 0 radical (unpaired) electrons. The third-order valence-corrected chi connectivity index (χ3v) is 5.38. The van der Waals surface area contributed by atoms with Crippen LogP contribution in [0.2, 0.25) is 0 Å². The first-order valence-corrected chi connectivity index (χ1v) is 10.1. The molecule has 2 aromatic heterocycles. The number of hydrogen-bond acceptors (Lipinski definition) is 7. The van der Waals surface area contributed by atoms with Gasteiger partial charge in [-0.25, -0.2) is 0 Å². The van der Waals surface area contributed by atoms with Crippen LogP contribution in [0.4, 0.5) is 6.01 Å². The van der Waals surface area contributed by atoms with Crippen molar-refractivity contribution < 1.29 is 14.3 Å². The molecule has 0 saturated heterocycles. The summed E-state index contributed by atoms with van der Waals surface area (Å²) in [6.07, 6.45) is 1.33. The highest BCUT2D eigenvalue weighted by Crippen LogP contribution is 2.22. The van der Waals surface area contributed by atoms with E-state index < -0.39 is 0 Å². The van der Waals surface area contributed by atoms with Gasteiger partial charge < -0.3 is 19.2 Å². The van der Waals surface area contributed by atoms with Crippen molar-refractivity contribution in [2.75, 3.05) is 25.1 Å². The van der Waals surface area contributed by atoms with Gasteiger partial charge in [-0.2, -0.15) is 4.98 Å². The molecular weight excluding hydrogens is 390 g/mol. The minimum atomic E-state index is -0.250. The summed E-state index contributed by atoms with van der Waals surface area (Å²) in [5, 5.41) is 9.67. The Morgan fingerprint density at radius 3 is 2.72 bits per heavy atom. The monoisotopic (exact) mass is 411 g/mol. The molecule has 0 bridgehead atoms. The highest BCUT2D eigenvalue weighted by Gasteiger charge is 2.10. The fourth-order valence-electron chi connectivity index (χ4n) is 2.97. The summed E-state index contributed by atoms with van der Waals surface area (Å²) in [6, 6.07) is 16.0. The van der Waals surface area contributed by atoms with Gasteiger partial charge in [-0.3, -0.25) is 9.78 Å². The number of hydrogen-bond donors (Lipinski definition) is 2. The number of aromatic nitrogens is 2. The number of anilines is 1. The normalized spacial score (nSPS) is 11.1. The van der Waals surface area contributed by atoms with Crippen LogP contribution in [-0.2, 0) is 6.42 Å². The van der Waals surface area contributed by atoms with E-state index in [4.69, 9.17) is 9.15 Å². The Morgan fingerprint density at radius 1 is 1.21 bits per heavy atom. The summed E-state index contributed by atoms with van der Waals surface area (Å²) in [6.45, 7) is 1.33. The molecule has 0 saturated carbocycles. The molecule has 150 valence electrons. The van der Waals surface area contributed by atoms with E-state index in [1.807, 2.05) is 60.5 Å². The van der Waals surface area contributed by atoms with Crippen molar-refractivity contribution in [2.24, 2.45) is 0 Å². The second-order valence-electron chi connectivity index (χ2n) is 6.69. The van der Waals surface area contributed by atoms with Crippen molar-refractivity contribution in [3.05, 3.63) is 68.6 Å². The summed E-state index contributed by atoms with van der Waals surface area (Å²) in [5.41, 5.74) is 2.63. The minimum absolute atomic E-state index is 0.0524. The van der Waals surface area contributed by atoms with Crippen LogP contribution in [-0.4, -0.2) is 35.3 Å². The van der Waals surface area contributed by atoms with Crippen LogP contribution in [0.3, 0.4) is 0 Å². The fourth-order valence-corrected chi connectivity index (χ4v) is 3.73. The average molecular weight is 411 g/mol. The number of nitrogens with zero attached hydrogens (tertiary/aromatic N) is 2. The SMILES string of the molecule is CN(CCCOc1ccc(Cc2sc(=O)[nH]c2O)cc1)c1nc2ccccc2o1. The minimum Gasteiger partial charge on any atom is -0.494 e. The van der Waals surface area contributed by atoms with E-state index in [2.05, 4.69) is 9.97 Å². The number of aromatic hydroxyl groups is 1. The smallest absolute Gasteiger partial charge is 0.307 e. The van der Waals surface area contributed by atoms with Gasteiger partial charge in [-0.05, 0) is 36.2 Å². The number of para-hydroxylation sites is 2. The van der Waals surface area contributed by atoms with Crippen molar-refractivity contribution in [1.82, 2.24) is 9.97 Å². The van der Waals surface area contributed by atoms with Crippen molar-refractivity contribution >= 4 is 28.5 Å². The lowest BCUT2D eigenvalue weighted by atomic mass is 10.1. The zero-order chi connectivity index (χ0) is 20.2. The van der Waals surface area contributed by atoms with E-state index >= 15 is 0 Å². The first-order chi connectivity index (χ1) is 14.1. The van der Waals surface area contributed by atoms with Crippen LogP contribution in [0, 0.1) is 0 Å². The number of ether oxygens (including phenoxy) is 1. The maximum Gasteiger partial charge on any atom is 0.307 e. The molecule has 4 aromatic rings. The summed E-state index contributed by atoms with van der Waals surface area (Å²) in [5.74, 6) is 0.730. The van der Waals surface area contributed by atoms with E-state index in [0.29, 0.717) is 23.9 Å². The lowest BCUT2D eigenvalue weighted by Gasteiger charge is -2.14. The number of aromatic amines is 1. The lowest BCUT2D eigenvalue weighted by Crippen LogP contribution is -2.20. The molecule has 8 heteroatoms. The van der Waals surface area contributed by atoms with Crippen LogP contribution in [0.25, 0.3) is 11.1 Å². The van der Waals surface area contributed by atoms with Crippen LogP contribution in [0.15, 0.2) is 57.7 Å². The summed E-state index contributed by atoms with van der Waals surface area (Å²) < 4.78 is 11.6. The molecule has 0 aliphatic heterocycles. The summed E-state index contributed by atoms with van der Waals surface area (Å²) in [7, 11) is 1.95. The van der Waals surface area contributed by atoms with Crippen molar-refractivity contribution in [3.8, 4) is 11.6 Å². The van der Waals surface area contributed by atoms with Gasteiger partial charge in [-0.15, -0.1) is 0 Å². The zero-order valence-corrected chi connectivity index (χ0v) is 16.7. The van der Waals surface area contributed by atoms with Gasteiger partial charge in [0.25, 0.3) is 6.01 Å². The first kappa shape index (κ1) is 19.1. The molecule has 0 amide bonds. The van der Waals surface area contributed by atoms with E-state index in [1.165, 1.54) is 0 Å². The molecule has 2 aromatic carbocycles. The average Bonchev–Trinajstić information content (AvgIpc) is 3.29. The van der Waals surface area contributed by atoms with Crippen LogP contribution in [0.5, 0.6) is 11.6 Å². The molecule has 0 aliphatic carbocycles. The maximum absolute atomic E-state index is 11.3. The summed E-state index contributed by atoms with van der Waals surface area (Å²) >= 11 is 1.02. The molecule has 0 fully saturated rings. The molecule has 2 N–H and O–H groups in total. The molecule has 4 rings (SSSR count). The Kier molecular flexibility index (Phi) is 5.53. The van der Waals surface area contributed by atoms with Gasteiger partial charge in [0.2, 0.25) is 5.88 Å². The number of H-pyrrole nitrogens is 1. The number of rotatable bonds is 8. The number of benzene rings is 2. The van der Waals surface area contributed by atoms with Gasteiger partial charge in [-0.1, -0.05) is 35.6 Å². The van der Waals surface area contributed by atoms with Gasteiger partial charge >= 0.3 is 4.87 Å². The predicted molar refractivity (Wildman–Crippen MR) is 113 cm³/mol. The molecule has 0 aliphatic rings. The van der Waals surface area contributed by atoms with Crippen LogP contribution >= 0.6 is 11.3 Å². The number of fused-ring (bicyclic) bond motifs is 1. The zero-order valence-electron chi connectivity index (χ0n) is 15.9. The highest BCUT2D eigenvalue weighted by atomic mass is 32.1. The highest BCUT2D eigenvalue weighted by molar-refractivity contribution is 7.09. The second-order valence-corrected chi connectivity index (χ2v) is 7.76. The number of nitrogens with one attached hydrogen (secondary N) is 1. The molecular formula is C21H21N3O4S. The van der Waals surface area contributed by atoms with Crippen LogP contribution in [0.1, 0.15) is 16.9 Å². The number of thiazole rings is 1. The third-order valence-electron chi connectivity index (χ3n) is 4.50. The standard InChI is InChI=1S/C21H21N3O4S/c1-24(20-22-16-5-2-3-6-17(16)28-20)11-4-12-27-15-9-7-14(8-10-15)13-18-19(25)23-21(26)29-18/h2-3,5-10,25H,4,11-13H2,1H3,(H,23,26). The Morgan fingerprint density at radius 2 is 2.00 bits per heavy atom. The maximum atomic E-state index is 11.3. The van der Waals surface area contributed by atoms with E-state index in [0.717, 1.165) is 46.7 Å². The molecule has 0 unspecified atom stereocenters. The molecule has 0 atom stereocenters. The van der Waals surface area contributed by atoms with Crippen LogP contribution < -0.4 is 14.5 Å². The fraction of sp³-hybridized carbons (Fsp3) is 0.238. The van der Waals surface area contributed by atoms with Crippen molar-refractivity contribution in [3.63, 3.8) is 0 Å². The third kappa shape index (κ3) is 4.60. The van der Waals surface area contributed by atoms with Gasteiger partial charge in [0.05, 0.1) is 11.5 Å². The Bertz CT molecular complexity index is 1110. The molecule has 0 spiro atoms. The second kappa shape index (κ2) is 8.40. The topological polar surface area (TPSA) is 91.6 Å². The number of oxazole rings is 1. The Hall–Kier alpha value is -3.26. The van der Waals surface area contributed by atoms with Crippen molar-refractivity contribution in [1.29, 1.82) is 0 Å². The van der Waals surface area contributed by atoms with E-state index in [1.54, 1.807) is 0 Å². The predicted octanol–water partition coefficient (Wildman–Crippen LogP) is 3.78. The van der Waals surface area contributed by atoms with E-state index in [9.17, 15) is 9.90 Å². The first-order valence-electron chi connectivity index (χ1n) is 9.28. The van der Waals surface area contributed by atoms with Crippen molar-refractivity contribution in [2.45, 2.75) is 12.8 Å². The molecule has 7 nitrogen and oxygen atoms in total.